The van der Waals surface area contributed by atoms with Crippen LogP contribution in [0.4, 0.5) is 4.79 Å². The van der Waals surface area contributed by atoms with Gasteiger partial charge >= 0.3 is 6.09 Å². The number of hydrogen-bond donors (Lipinski definition) is 1. The van der Waals surface area contributed by atoms with E-state index in [1.54, 1.807) is 14.0 Å². The van der Waals surface area contributed by atoms with Crippen LogP contribution in [-0.4, -0.2) is 48.9 Å². The molecule has 0 spiro atoms. The predicted octanol–water partition coefficient (Wildman–Crippen LogP) is 4.00. The Bertz CT molecular complexity index is 521. The van der Waals surface area contributed by atoms with Crippen molar-refractivity contribution in [2.24, 2.45) is 5.92 Å². The Morgan fingerprint density at radius 3 is 2.33 bits per heavy atom. The van der Waals surface area contributed by atoms with Gasteiger partial charge in [0, 0.05) is 20.1 Å². The molecule has 2 saturated heterocycles. The highest BCUT2D eigenvalue weighted by molar-refractivity contribution is 5.75. The Morgan fingerprint density at radius 1 is 1.04 bits per heavy atom. The minimum atomic E-state index is -0.610. The number of amides is 1. The van der Waals surface area contributed by atoms with E-state index in [-0.39, 0.29) is 29.7 Å². The SMILES string of the molecule is COC1CC2CC(OC(=O)NCCCCCCCC(C)=O)C1(C)OC2(C)C. The molecule has 6 heteroatoms. The molecule has 27 heavy (non-hydrogen) atoms. The maximum Gasteiger partial charge on any atom is 0.407 e. The number of hydrogen-bond acceptors (Lipinski definition) is 5. The van der Waals surface area contributed by atoms with Crippen molar-refractivity contribution in [3.63, 3.8) is 0 Å². The summed E-state index contributed by atoms with van der Waals surface area (Å²) in [5, 5.41) is 2.86. The fourth-order valence-electron chi connectivity index (χ4n) is 4.52. The zero-order valence-electron chi connectivity index (χ0n) is 17.6. The van der Waals surface area contributed by atoms with Gasteiger partial charge in [-0.1, -0.05) is 19.3 Å². The van der Waals surface area contributed by atoms with Gasteiger partial charge in [-0.3, -0.25) is 0 Å². The molecule has 156 valence electrons. The van der Waals surface area contributed by atoms with E-state index in [0.717, 1.165) is 44.9 Å². The fraction of sp³-hybridized carbons (Fsp3) is 0.905. The van der Waals surface area contributed by atoms with Gasteiger partial charge in [0.05, 0.1) is 11.7 Å². The van der Waals surface area contributed by atoms with E-state index in [0.29, 0.717) is 18.9 Å². The third-order valence-corrected chi connectivity index (χ3v) is 6.25. The number of nitrogens with one attached hydrogen (secondary N) is 1. The molecule has 0 aromatic rings. The molecule has 1 aliphatic carbocycles. The quantitative estimate of drug-likeness (QED) is 0.577. The van der Waals surface area contributed by atoms with Crippen molar-refractivity contribution in [2.45, 2.75) is 102 Å². The number of alkyl carbamates (subject to hydrolysis) is 1. The summed E-state index contributed by atoms with van der Waals surface area (Å²) in [7, 11) is 1.69. The topological polar surface area (TPSA) is 73.9 Å². The smallest absolute Gasteiger partial charge is 0.407 e. The first kappa shape index (κ1) is 22.2. The van der Waals surface area contributed by atoms with Gasteiger partial charge in [0.15, 0.2) is 0 Å². The highest BCUT2D eigenvalue weighted by Crippen LogP contribution is 2.51. The summed E-state index contributed by atoms with van der Waals surface area (Å²) in [5.74, 6) is 0.574. The van der Waals surface area contributed by atoms with Gasteiger partial charge in [0.2, 0.25) is 0 Å². The molecule has 3 aliphatic rings. The largest absolute Gasteiger partial charge is 0.443 e. The van der Waals surface area contributed by atoms with Crippen LogP contribution in [0.2, 0.25) is 0 Å². The van der Waals surface area contributed by atoms with Crippen LogP contribution in [0, 0.1) is 5.92 Å². The van der Waals surface area contributed by atoms with E-state index in [1.165, 1.54) is 0 Å². The number of carbonyl (C=O) groups is 2. The normalized spacial score (nSPS) is 31.5. The van der Waals surface area contributed by atoms with Crippen LogP contribution < -0.4 is 5.32 Å². The molecular formula is C21H37NO5. The second-order valence-electron chi connectivity index (χ2n) is 8.82. The van der Waals surface area contributed by atoms with Crippen LogP contribution in [0.1, 0.15) is 79.1 Å². The minimum Gasteiger partial charge on any atom is -0.443 e. The van der Waals surface area contributed by atoms with Gasteiger partial charge in [-0.2, -0.15) is 0 Å². The van der Waals surface area contributed by atoms with Crippen molar-refractivity contribution >= 4 is 11.9 Å². The molecule has 2 aliphatic heterocycles. The molecule has 4 atom stereocenters. The number of fused-ring (bicyclic) bond motifs is 3. The van der Waals surface area contributed by atoms with E-state index in [9.17, 15) is 9.59 Å². The monoisotopic (exact) mass is 383 g/mol. The molecule has 1 N–H and O–H groups in total. The van der Waals surface area contributed by atoms with Crippen molar-refractivity contribution in [1.82, 2.24) is 5.32 Å². The molecule has 2 heterocycles. The Labute approximate surface area is 163 Å². The van der Waals surface area contributed by atoms with E-state index in [2.05, 4.69) is 19.2 Å². The molecule has 4 unspecified atom stereocenters. The Morgan fingerprint density at radius 2 is 1.67 bits per heavy atom. The van der Waals surface area contributed by atoms with Gasteiger partial charge in [0.1, 0.15) is 17.5 Å². The number of ether oxygens (including phenoxy) is 3. The minimum absolute atomic E-state index is 0.0583. The van der Waals surface area contributed by atoms with E-state index >= 15 is 0 Å². The summed E-state index contributed by atoms with van der Waals surface area (Å²) < 4.78 is 17.7. The lowest BCUT2D eigenvalue weighted by atomic mass is 9.65. The average molecular weight is 384 g/mol. The Kier molecular flexibility index (Phi) is 7.69. The number of Topliss-reactive ketones (excluding diaryl/α,β-unsaturated/α-hetero) is 1. The van der Waals surface area contributed by atoms with E-state index in [1.807, 2.05) is 6.92 Å². The second-order valence-corrected chi connectivity index (χ2v) is 8.82. The zero-order chi connectivity index (χ0) is 20.1. The molecule has 6 nitrogen and oxygen atoms in total. The molecule has 0 radical (unpaired) electrons. The Balaban J connectivity index is 1.69. The summed E-state index contributed by atoms with van der Waals surface area (Å²) in [4.78, 5) is 23.1. The van der Waals surface area contributed by atoms with Gasteiger partial charge in [-0.05, 0) is 59.3 Å². The molecule has 0 aromatic heterocycles. The van der Waals surface area contributed by atoms with Gasteiger partial charge < -0.3 is 24.3 Å². The van der Waals surface area contributed by atoms with Gasteiger partial charge in [-0.25, -0.2) is 4.79 Å². The molecule has 3 rings (SSSR count). The first-order valence-corrected chi connectivity index (χ1v) is 10.4. The summed E-state index contributed by atoms with van der Waals surface area (Å²) in [6.45, 7) is 8.45. The Hall–Kier alpha value is -1.14. The molecule has 1 saturated carbocycles. The molecule has 3 fully saturated rings. The predicted molar refractivity (Wildman–Crippen MR) is 104 cm³/mol. The highest BCUT2D eigenvalue weighted by atomic mass is 16.6. The lowest BCUT2D eigenvalue weighted by molar-refractivity contribution is -0.313. The number of rotatable bonds is 10. The maximum atomic E-state index is 12.2. The second kappa shape index (κ2) is 9.37. The fourth-order valence-corrected chi connectivity index (χ4v) is 4.52. The van der Waals surface area contributed by atoms with E-state index in [4.69, 9.17) is 14.2 Å². The molecule has 1 amide bonds. The third kappa shape index (κ3) is 5.67. The zero-order valence-corrected chi connectivity index (χ0v) is 17.6. The van der Waals surface area contributed by atoms with Crippen molar-refractivity contribution in [3.05, 3.63) is 0 Å². The summed E-state index contributed by atoms with van der Waals surface area (Å²) in [6, 6.07) is 0. The molecule has 2 bridgehead atoms. The summed E-state index contributed by atoms with van der Waals surface area (Å²) in [6.07, 6.45) is 6.78. The van der Waals surface area contributed by atoms with Gasteiger partial charge in [0.25, 0.3) is 0 Å². The first-order valence-electron chi connectivity index (χ1n) is 10.4. The van der Waals surface area contributed by atoms with E-state index < -0.39 is 5.60 Å². The molecule has 0 aromatic carbocycles. The van der Waals surface area contributed by atoms with Crippen LogP contribution in [0.25, 0.3) is 0 Å². The van der Waals surface area contributed by atoms with Crippen LogP contribution in [0.3, 0.4) is 0 Å². The molecular weight excluding hydrogens is 346 g/mol. The number of unbranched alkanes of at least 4 members (excludes halogenated alkanes) is 4. The van der Waals surface area contributed by atoms with Crippen LogP contribution in [-0.2, 0) is 19.0 Å². The van der Waals surface area contributed by atoms with Gasteiger partial charge in [-0.15, -0.1) is 0 Å². The van der Waals surface area contributed by atoms with Crippen LogP contribution >= 0.6 is 0 Å². The van der Waals surface area contributed by atoms with Crippen molar-refractivity contribution < 1.29 is 23.8 Å². The summed E-state index contributed by atoms with van der Waals surface area (Å²) >= 11 is 0. The third-order valence-electron chi connectivity index (χ3n) is 6.25. The van der Waals surface area contributed by atoms with Crippen LogP contribution in [0.15, 0.2) is 0 Å². The number of methoxy groups -OCH3 is 1. The van der Waals surface area contributed by atoms with Crippen molar-refractivity contribution in [3.8, 4) is 0 Å². The standard InChI is InChI=1S/C21H37NO5/c1-15(23)11-9-7-6-8-10-12-22-19(24)26-18-14-16-13-17(25-5)21(18,4)27-20(16,2)3/h16-18H,6-14H2,1-5H3,(H,22,24). The lowest BCUT2D eigenvalue weighted by Gasteiger charge is -2.59. The number of ketones is 1. The van der Waals surface area contributed by atoms with Crippen molar-refractivity contribution in [2.75, 3.05) is 13.7 Å². The highest BCUT2D eigenvalue weighted by Gasteiger charge is 2.61. The number of carbonyl (C=O) groups excluding carboxylic acids is 2. The average Bonchev–Trinajstić information content (AvgIpc) is 2.57. The van der Waals surface area contributed by atoms with Crippen LogP contribution in [0.5, 0.6) is 0 Å². The lowest BCUT2D eigenvalue weighted by Crippen LogP contribution is -2.69. The van der Waals surface area contributed by atoms with Crippen molar-refractivity contribution in [1.29, 1.82) is 0 Å². The maximum absolute atomic E-state index is 12.2. The first-order chi connectivity index (χ1) is 12.7. The summed E-state index contributed by atoms with van der Waals surface area (Å²) in [5.41, 5.74) is -0.830.